The number of hydrogen-bond donors (Lipinski definition) is 2. The lowest BCUT2D eigenvalue weighted by atomic mass is 10.2. The Balaban J connectivity index is 2.72. The molecule has 0 saturated carbocycles. The minimum atomic E-state index is -1.38. The van der Waals surface area contributed by atoms with E-state index in [1.165, 1.54) is 0 Å². The lowest BCUT2D eigenvalue weighted by Crippen LogP contribution is -2.48. The highest BCUT2D eigenvalue weighted by Crippen LogP contribution is 2.16. The fraction of sp³-hybridized carbons (Fsp3) is 0.667. The Labute approximate surface area is 68.6 Å². The van der Waals surface area contributed by atoms with E-state index >= 15 is 0 Å². The van der Waals surface area contributed by atoms with Crippen molar-refractivity contribution in [3.8, 4) is 0 Å². The molecule has 1 rings (SSSR count). The van der Waals surface area contributed by atoms with Crippen LogP contribution in [-0.4, -0.2) is 40.7 Å². The third kappa shape index (κ3) is 1.48. The smallest absolute Gasteiger partial charge is 0.315 e. The summed E-state index contributed by atoms with van der Waals surface area (Å²) < 4.78 is 0. The third-order valence-corrected chi connectivity index (χ3v) is 1.83. The Morgan fingerprint density at radius 1 is 1.58 bits per heavy atom. The fourth-order valence-corrected chi connectivity index (χ4v) is 1.28. The number of carbonyl (C=O) groups excluding carboxylic acids is 2. The highest BCUT2D eigenvalue weighted by molar-refractivity contribution is 5.81. The number of amides is 2. The predicted octanol–water partition coefficient (Wildman–Crippen LogP) is -2.75. The van der Waals surface area contributed by atoms with Crippen LogP contribution in [-0.2, 0) is 4.79 Å². The highest BCUT2D eigenvalue weighted by atomic mass is 16.4. The van der Waals surface area contributed by atoms with Gasteiger partial charge in [-0.15, -0.1) is 0 Å². The average Bonchev–Trinajstić information content (AvgIpc) is 2.31. The summed E-state index contributed by atoms with van der Waals surface area (Å²) in [6, 6.07) is -1.93. The van der Waals surface area contributed by atoms with E-state index < -0.39 is 24.1 Å². The van der Waals surface area contributed by atoms with Gasteiger partial charge in [0, 0.05) is 13.0 Å². The van der Waals surface area contributed by atoms with Crippen molar-refractivity contribution in [3.63, 3.8) is 0 Å². The Bertz CT molecular complexity index is 196. The quantitative estimate of drug-likeness (QED) is 0.448. The molecule has 0 aromatic heterocycles. The van der Waals surface area contributed by atoms with Crippen molar-refractivity contribution < 1.29 is 19.8 Å². The average molecular weight is 173 g/mol. The van der Waals surface area contributed by atoms with Crippen LogP contribution in [0.1, 0.15) is 6.42 Å². The van der Waals surface area contributed by atoms with Crippen molar-refractivity contribution >= 4 is 12.0 Å². The van der Waals surface area contributed by atoms with Gasteiger partial charge in [0.2, 0.25) is 0 Å². The zero-order chi connectivity index (χ0) is 9.30. The number of nitrogens with two attached hydrogens (primary N) is 1. The number of urea groups is 1. The molecular weight excluding hydrogens is 164 g/mol. The molecule has 2 amide bonds. The van der Waals surface area contributed by atoms with Crippen molar-refractivity contribution in [2.45, 2.75) is 18.6 Å². The van der Waals surface area contributed by atoms with Crippen molar-refractivity contribution in [2.24, 2.45) is 5.73 Å². The second-order valence-electron chi connectivity index (χ2n) is 2.71. The summed E-state index contributed by atoms with van der Waals surface area (Å²) in [5.74, 6) is -1.38. The van der Waals surface area contributed by atoms with Crippen molar-refractivity contribution in [1.82, 2.24) is 4.90 Å². The predicted molar refractivity (Wildman–Crippen MR) is 35.7 cm³/mol. The number of rotatable bonds is 1. The van der Waals surface area contributed by atoms with Crippen LogP contribution in [0.25, 0.3) is 0 Å². The summed E-state index contributed by atoms with van der Waals surface area (Å²) in [5.41, 5.74) is 4.87. The first-order valence-corrected chi connectivity index (χ1v) is 3.47. The van der Waals surface area contributed by atoms with Gasteiger partial charge < -0.3 is 25.6 Å². The van der Waals surface area contributed by atoms with Gasteiger partial charge in [-0.3, -0.25) is 0 Å². The van der Waals surface area contributed by atoms with Crippen LogP contribution in [0.15, 0.2) is 0 Å². The van der Waals surface area contributed by atoms with Crippen LogP contribution in [0.2, 0.25) is 0 Å². The molecule has 6 heteroatoms. The van der Waals surface area contributed by atoms with Crippen LogP contribution in [0, 0.1) is 0 Å². The topological polar surface area (TPSA) is 107 Å². The third-order valence-electron chi connectivity index (χ3n) is 1.83. The van der Waals surface area contributed by atoms with Crippen molar-refractivity contribution in [1.29, 1.82) is 0 Å². The summed E-state index contributed by atoms with van der Waals surface area (Å²) >= 11 is 0. The van der Waals surface area contributed by atoms with E-state index in [2.05, 4.69) is 0 Å². The van der Waals surface area contributed by atoms with Gasteiger partial charge in [0.1, 0.15) is 0 Å². The number of carbonyl (C=O) groups is 2. The SMILES string of the molecule is NC(=O)N1C[C@@H](O)C[C@H]1C(=O)[O-]. The molecule has 0 aliphatic carbocycles. The maximum atomic E-state index is 10.6. The molecule has 1 aliphatic heterocycles. The molecule has 1 fully saturated rings. The van der Waals surface area contributed by atoms with Crippen molar-refractivity contribution in [3.05, 3.63) is 0 Å². The maximum absolute atomic E-state index is 10.6. The van der Waals surface area contributed by atoms with E-state index in [1.54, 1.807) is 0 Å². The molecule has 0 unspecified atom stereocenters. The van der Waals surface area contributed by atoms with E-state index in [4.69, 9.17) is 10.8 Å². The summed E-state index contributed by atoms with van der Waals surface area (Å²) in [6.45, 7) is -0.0337. The van der Waals surface area contributed by atoms with Crippen LogP contribution in [0.5, 0.6) is 0 Å². The standard InChI is InChI=1S/C6H10N2O4/c7-6(12)8-2-3(9)1-4(8)5(10)11/h3-4,9H,1-2H2,(H2,7,12)(H,10,11)/p-1/t3-,4-/m0/s1. The summed E-state index contributed by atoms with van der Waals surface area (Å²) in [4.78, 5) is 21.9. The molecular formula is C6H9N2O4-. The summed E-state index contributed by atoms with van der Waals surface area (Å²) in [5, 5.41) is 19.4. The number of hydrogen-bond acceptors (Lipinski definition) is 4. The number of aliphatic hydroxyl groups excluding tert-OH is 1. The zero-order valence-electron chi connectivity index (χ0n) is 6.27. The second-order valence-corrected chi connectivity index (χ2v) is 2.71. The van der Waals surface area contributed by atoms with E-state index in [9.17, 15) is 14.7 Å². The monoisotopic (exact) mass is 173 g/mol. The van der Waals surface area contributed by atoms with Gasteiger partial charge in [0.15, 0.2) is 0 Å². The maximum Gasteiger partial charge on any atom is 0.315 e. The molecule has 0 aromatic carbocycles. The Morgan fingerprint density at radius 3 is 2.50 bits per heavy atom. The first-order valence-electron chi connectivity index (χ1n) is 3.47. The number of carboxylic acid groups (broad SMARTS) is 1. The molecule has 12 heavy (non-hydrogen) atoms. The number of carboxylic acids is 1. The van der Waals surface area contributed by atoms with Gasteiger partial charge in [-0.1, -0.05) is 0 Å². The number of aliphatic hydroxyl groups is 1. The van der Waals surface area contributed by atoms with Crippen LogP contribution in [0.3, 0.4) is 0 Å². The molecule has 0 spiro atoms. The molecule has 0 radical (unpaired) electrons. The van der Waals surface area contributed by atoms with Crippen molar-refractivity contribution in [2.75, 3.05) is 6.54 Å². The van der Waals surface area contributed by atoms with Gasteiger partial charge in [0.05, 0.1) is 18.1 Å². The van der Waals surface area contributed by atoms with E-state index in [-0.39, 0.29) is 13.0 Å². The Hall–Kier alpha value is -1.30. The van der Waals surface area contributed by atoms with E-state index in [1.807, 2.05) is 0 Å². The number of aliphatic carboxylic acids is 1. The number of primary amides is 1. The van der Waals surface area contributed by atoms with Gasteiger partial charge in [-0.2, -0.15) is 0 Å². The number of nitrogens with zero attached hydrogens (tertiary/aromatic N) is 1. The van der Waals surface area contributed by atoms with Gasteiger partial charge in [-0.05, 0) is 0 Å². The minimum Gasteiger partial charge on any atom is -0.548 e. The largest absolute Gasteiger partial charge is 0.548 e. The lowest BCUT2D eigenvalue weighted by Gasteiger charge is -2.22. The molecule has 6 nitrogen and oxygen atoms in total. The molecule has 2 atom stereocenters. The van der Waals surface area contributed by atoms with Gasteiger partial charge >= 0.3 is 6.03 Å². The first kappa shape index (κ1) is 8.79. The number of likely N-dealkylation sites (tertiary alicyclic amines) is 1. The molecule has 3 N–H and O–H groups in total. The zero-order valence-corrected chi connectivity index (χ0v) is 6.27. The van der Waals surface area contributed by atoms with Crippen LogP contribution in [0.4, 0.5) is 4.79 Å². The minimum absolute atomic E-state index is 0.00866. The normalized spacial score (nSPS) is 28.9. The molecule has 0 aromatic rings. The highest BCUT2D eigenvalue weighted by Gasteiger charge is 2.33. The number of β-amino-alcohol motifs (C(OH)–C–C–N with tert-alkyl or cyclic N) is 1. The molecule has 1 aliphatic rings. The molecule has 0 bridgehead atoms. The van der Waals surface area contributed by atoms with E-state index in [0.717, 1.165) is 4.90 Å². The van der Waals surface area contributed by atoms with Crippen LogP contribution < -0.4 is 10.8 Å². The fourth-order valence-electron chi connectivity index (χ4n) is 1.28. The van der Waals surface area contributed by atoms with Gasteiger partial charge in [-0.25, -0.2) is 4.79 Å². The van der Waals surface area contributed by atoms with Crippen LogP contribution >= 0.6 is 0 Å². The summed E-state index contributed by atoms with van der Waals surface area (Å²) in [7, 11) is 0. The Morgan fingerprint density at radius 2 is 2.17 bits per heavy atom. The first-order chi connectivity index (χ1) is 5.52. The summed E-state index contributed by atoms with van der Waals surface area (Å²) in [6.07, 6.45) is -0.828. The van der Waals surface area contributed by atoms with Gasteiger partial charge in [0.25, 0.3) is 0 Å². The molecule has 68 valence electrons. The Kier molecular flexibility index (Phi) is 2.18. The molecule has 1 heterocycles. The molecule has 1 saturated heterocycles. The van der Waals surface area contributed by atoms with E-state index in [0.29, 0.717) is 0 Å². The lowest BCUT2D eigenvalue weighted by molar-refractivity contribution is -0.310. The second kappa shape index (κ2) is 2.98.